The summed E-state index contributed by atoms with van der Waals surface area (Å²) >= 11 is 7.80. The normalized spacial score (nSPS) is 14.5. The van der Waals surface area contributed by atoms with Crippen molar-refractivity contribution in [2.45, 2.75) is 39.4 Å². The van der Waals surface area contributed by atoms with Gasteiger partial charge in [-0.2, -0.15) is 0 Å². The number of benzene rings is 1. The zero-order valence-corrected chi connectivity index (χ0v) is 18.3. The molecule has 3 aromatic rings. The van der Waals surface area contributed by atoms with Crippen molar-refractivity contribution in [3.63, 3.8) is 0 Å². The molecule has 0 spiro atoms. The minimum Gasteiger partial charge on any atom is -0.351 e. The Labute approximate surface area is 179 Å². The number of fused-ring (bicyclic) bond motifs is 2. The molecule has 0 radical (unpaired) electrons. The van der Waals surface area contributed by atoms with Gasteiger partial charge in [0.25, 0.3) is 5.91 Å². The van der Waals surface area contributed by atoms with Crippen LogP contribution in [0.4, 0.5) is 0 Å². The number of nitrogens with one attached hydrogen (secondary N) is 3. The fraction of sp³-hybridized carbons (Fsp3) is 0.429. The topological polar surface area (TPSA) is 73.1 Å². The van der Waals surface area contributed by atoms with Crippen LogP contribution in [0.1, 0.15) is 39.9 Å². The maximum absolute atomic E-state index is 12.3. The van der Waals surface area contributed by atoms with Gasteiger partial charge in [-0.3, -0.25) is 9.69 Å². The van der Waals surface area contributed by atoms with Crippen LogP contribution in [0.2, 0.25) is 5.02 Å². The predicted molar refractivity (Wildman–Crippen MR) is 119 cm³/mol. The third kappa shape index (κ3) is 4.80. The number of nitrogens with zero attached hydrogens (tertiary/aromatic N) is 2. The smallest absolute Gasteiger partial charge is 0.267 e. The molecule has 3 heterocycles. The van der Waals surface area contributed by atoms with Crippen LogP contribution in [0, 0.1) is 0 Å². The molecule has 0 unspecified atom stereocenters. The molecule has 0 atom stereocenters. The molecular weight excluding hydrogens is 406 g/mol. The van der Waals surface area contributed by atoms with Crippen molar-refractivity contribution in [2.24, 2.45) is 0 Å². The number of aromatic nitrogens is 2. The lowest BCUT2D eigenvalue weighted by molar-refractivity contribution is 0.0950. The van der Waals surface area contributed by atoms with E-state index in [1.54, 1.807) is 11.3 Å². The van der Waals surface area contributed by atoms with Crippen molar-refractivity contribution in [1.29, 1.82) is 0 Å². The van der Waals surface area contributed by atoms with Crippen LogP contribution in [0.15, 0.2) is 24.3 Å². The monoisotopic (exact) mass is 431 g/mol. The van der Waals surface area contributed by atoms with E-state index in [-0.39, 0.29) is 5.91 Å². The molecule has 4 rings (SSSR count). The van der Waals surface area contributed by atoms with E-state index < -0.39 is 0 Å². The first kappa shape index (κ1) is 20.3. The van der Waals surface area contributed by atoms with E-state index >= 15 is 0 Å². The molecule has 29 heavy (non-hydrogen) atoms. The van der Waals surface area contributed by atoms with Gasteiger partial charge in [-0.15, -0.1) is 11.3 Å². The highest BCUT2D eigenvalue weighted by atomic mass is 35.5. The van der Waals surface area contributed by atoms with Crippen LogP contribution in [-0.4, -0.2) is 46.5 Å². The molecule has 3 N–H and O–H groups in total. The molecule has 1 amide bonds. The number of carbonyl (C=O) groups excluding carboxylic acids is 1. The number of amides is 1. The first-order valence-electron chi connectivity index (χ1n) is 9.98. The molecule has 154 valence electrons. The summed E-state index contributed by atoms with van der Waals surface area (Å²) in [6.45, 7) is 8.58. The van der Waals surface area contributed by atoms with E-state index in [2.05, 4.69) is 34.4 Å². The Bertz CT molecular complexity index is 1010. The highest BCUT2D eigenvalue weighted by Gasteiger charge is 2.22. The fourth-order valence-electron chi connectivity index (χ4n) is 3.57. The van der Waals surface area contributed by atoms with Crippen molar-refractivity contribution in [1.82, 2.24) is 25.5 Å². The second kappa shape index (κ2) is 8.83. The summed E-state index contributed by atoms with van der Waals surface area (Å²) in [4.78, 5) is 24.1. The van der Waals surface area contributed by atoms with E-state index in [0.717, 1.165) is 42.0 Å². The van der Waals surface area contributed by atoms with Crippen LogP contribution in [-0.2, 0) is 19.5 Å². The largest absolute Gasteiger partial charge is 0.351 e. The molecule has 6 nitrogen and oxygen atoms in total. The van der Waals surface area contributed by atoms with Crippen molar-refractivity contribution >= 4 is 39.7 Å². The first-order valence-corrected chi connectivity index (χ1v) is 11.2. The Balaban J connectivity index is 1.22. The Morgan fingerprint density at radius 3 is 3.03 bits per heavy atom. The minimum atomic E-state index is -0.113. The molecule has 1 aromatic carbocycles. The number of thiazole rings is 1. The zero-order valence-electron chi connectivity index (χ0n) is 16.7. The third-order valence-electron chi connectivity index (χ3n) is 5.23. The van der Waals surface area contributed by atoms with Gasteiger partial charge in [0.05, 0.1) is 5.69 Å². The van der Waals surface area contributed by atoms with Gasteiger partial charge in [-0.1, -0.05) is 11.6 Å². The molecule has 0 saturated carbocycles. The van der Waals surface area contributed by atoms with Crippen LogP contribution in [0.3, 0.4) is 0 Å². The van der Waals surface area contributed by atoms with Gasteiger partial charge < -0.3 is 15.6 Å². The summed E-state index contributed by atoms with van der Waals surface area (Å²) in [6.07, 6.45) is 1.04. The molecule has 8 heteroatoms. The van der Waals surface area contributed by atoms with Gasteiger partial charge in [-0.05, 0) is 38.1 Å². The third-order valence-corrected chi connectivity index (χ3v) is 6.54. The van der Waals surface area contributed by atoms with Crippen LogP contribution < -0.4 is 10.6 Å². The number of aromatic amines is 1. The summed E-state index contributed by atoms with van der Waals surface area (Å²) < 4.78 is 0. The molecule has 1 aliphatic heterocycles. The predicted octanol–water partition coefficient (Wildman–Crippen LogP) is 3.56. The van der Waals surface area contributed by atoms with Crippen LogP contribution in [0.25, 0.3) is 10.9 Å². The summed E-state index contributed by atoms with van der Waals surface area (Å²) in [5.41, 5.74) is 2.71. The van der Waals surface area contributed by atoms with Crippen LogP contribution in [0.5, 0.6) is 0 Å². The number of H-pyrrole nitrogens is 1. The van der Waals surface area contributed by atoms with Crippen molar-refractivity contribution in [3.8, 4) is 0 Å². The van der Waals surface area contributed by atoms with Crippen molar-refractivity contribution < 1.29 is 4.79 Å². The second-order valence-corrected chi connectivity index (χ2v) is 9.24. The maximum atomic E-state index is 12.3. The molecule has 1 aliphatic rings. The lowest BCUT2D eigenvalue weighted by Crippen LogP contribution is -2.35. The summed E-state index contributed by atoms with van der Waals surface area (Å²) in [5.74, 6) is -0.113. The van der Waals surface area contributed by atoms with Gasteiger partial charge in [0, 0.05) is 66.0 Å². The number of hydrogen-bond acceptors (Lipinski definition) is 5. The van der Waals surface area contributed by atoms with Crippen LogP contribution >= 0.6 is 22.9 Å². The Morgan fingerprint density at radius 1 is 1.34 bits per heavy atom. The number of hydrogen-bond donors (Lipinski definition) is 3. The number of rotatable bonds is 7. The number of carbonyl (C=O) groups is 1. The standard InChI is InChI=1S/C21H26ClN5OS/c1-13(2)27-8-5-17-19(12-27)29-20(26-17)11-23-6-7-24-21(28)18-10-14-9-15(22)3-4-16(14)25-18/h3-4,9-10,13,23,25H,5-8,11-12H2,1-2H3,(H,24,28). The molecule has 0 fully saturated rings. The lowest BCUT2D eigenvalue weighted by Gasteiger charge is -2.29. The number of halogens is 1. The van der Waals surface area contributed by atoms with Gasteiger partial charge in [0.15, 0.2) is 0 Å². The molecule has 0 aliphatic carbocycles. The van der Waals surface area contributed by atoms with Gasteiger partial charge in [-0.25, -0.2) is 4.98 Å². The second-order valence-electron chi connectivity index (χ2n) is 7.64. The molecule has 0 bridgehead atoms. The van der Waals surface area contributed by atoms with Gasteiger partial charge in [0.1, 0.15) is 10.7 Å². The average molecular weight is 432 g/mol. The first-order chi connectivity index (χ1) is 14.0. The van der Waals surface area contributed by atoms with Crippen molar-refractivity contribution in [3.05, 3.63) is 50.6 Å². The highest BCUT2D eigenvalue weighted by molar-refractivity contribution is 7.11. The Hall–Kier alpha value is -1.93. The zero-order chi connectivity index (χ0) is 20.4. The van der Waals surface area contributed by atoms with Crippen molar-refractivity contribution in [2.75, 3.05) is 19.6 Å². The SMILES string of the molecule is CC(C)N1CCc2nc(CNCCNC(=O)c3cc4cc(Cl)ccc4[nH]3)sc2C1. The average Bonchev–Trinajstić information content (AvgIpc) is 3.29. The van der Waals surface area contributed by atoms with E-state index in [1.807, 2.05) is 24.3 Å². The molecule has 2 aromatic heterocycles. The van der Waals surface area contributed by atoms with E-state index in [0.29, 0.717) is 29.8 Å². The van der Waals surface area contributed by atoms with E-state index in [9.17, 15) is 4.79 Å². The minimum absolute atomic E-state index is 0.113. The summed E-state index contributed by atoms with van der Waals surface area (Å²) in [5, 5.41) is 9.04. The highest BCUT2D eigenvalue weighted by Crippen LogP contribution is 2.26. The Kier molecular flexibility index (Phi) is 6.20. The van der Waals surface area contributed by atoms with Gasteiger partial charge >= 0.3 is 0 Å². The summed E-state index contributed by atoms with van der Waals surface area (Å²) in [7, 11) is 0. The van der Waals surface area contributed by atoms with E-state index in [4.69, 9.17) is 16.6 Å². The lowest BCUT2D eigenvalue weighted by atomic mass is 10.1. The summed E-state index contributed by atoms with van der Waals surface area (Å²) in [6, 6.07) is 7.93. The van der Waals surface area contributed by atoms with Gasteiger partial charge in [0.2, 0.25) is 0 Å². The van der Waals surface area contributed by atoms with E-state index in [1.165, 1.54) is 10.6 Å². The molecular formula is C21H26ClN5OS. The quantitative estimate of drug-likeness (QED) is 0.500. The Morgan fingerprint density at radius 2 is 2.21 bits per heavy atom. The molecule has 0 saturated heterocycles. The fourth-order valence-corrected chi connectivity index (χ4v) is 4.86. The maximum Gasteiger partial charge on any atom is 0.267 e.